The van der Waals surface area contributed by atoms with Gasteiger partial charge in [-0.25, -0.2) is 9.59 Å². The van der Waals surface area contributed by atoms with Gasteiger partial charge in [-0.05, 0) is 25.5 Å². The Labute approximate surface area is 163 Å². The Balaban J connectivity index is 2.22. The lowest BCUT2D eigenvalue weighted by Gasteiger charge is -2.25. The van der Waals surface area contributed by atoms with Crippen molar-refractivity contribution in [3.63, 3.8) is 0 Å². The molecule has 0 saturated carbocycles. The third kappa shape index (κ3) is 3.64. The van der Waals surface area contributed by atoms with Gasteiger partial charge < -0.3 is 14.2 Å². The van der Waals surface area contributed by atoms with Gasteiger partial charge in [-0.3, -0.25) is 5.73 Å². The molecular formula is C22H23NO5. The number of ether oxygens (including phenoxy) is 3. The van der Waals surface area contributed by atoms with Crippen molar-refractivity contribution < 1.29 is 23.8 Å². The minimum absolute atomic E-state index is 0.137. The van der Waals surface area contributed by atoms with Crippen molar-refractivity contribution in [2.75, 3.05) is 13.2 Å². The molecule has 2 N–H and O–H groups in total. The third-order valence-electron chi connectivity index (χ3n) is 4.42. The van der Waals surface area contributed by atoms with Crippen LogP contribution in [-0.4, -0.2) is 30.9 Å². The summed E-state index contributed by atoms with van der Waals surface area (Å²) in [5.41, 5.74) is 6.51. The lowest BCUT2D eigenvalue weighted by Crippen LogP contribution is -2.53. The number of fused-ring (bicyclic) bond motifs is 1. The molecule has 1 aliphatic heterocycles. The largest absolute Gasteiger partial charge is 0.463 e. The van der Waals surface area contributed by atoms with Crippen LogP contribution in [0.5, 0.6) is 5.75 Å². The molecule has 0 amide bonds. The second-order valence-electron chi connectivity index (χ2n) is 6.29. The van der Waals surface area contributed by atoms with Gasteiger partial charge in [0.25, 0.3) is 5.72 Å². The minimum Gasteiger partial charge on any atom is -0.463 e. The van der Waals surface area contributed by atoms with Crippen LogP contribution in [0.4, 0.5) is 0 Å². The highest BCUT2D eigenvalue weighted by atomic mass is 16.6. The molecule has 2 aromatic rings. The molecule has 6 heteroatoms. The summed E-state index contributed by atoms with van der Waals surface area (Å²) in [5.74, 6) is -0.875. The molecule has 0 spiro atoms. The summed E-state index contributed by atoms with van der Waals surface area (Å²) in [5, 5.41) is 0. The topological polar surface area (TPSA) is 87.9 Å². The smallest absolute Gasteiger partial charge is 0.371 e. The molecule has 28 heavy (non-hydrogen) atoms. The molecule has 146 valence electrons. The Morgan fingerprint density at radius 2 is 1.61 bits per heavy atom. The van der Waals surface area contributed by atoms with Crippen LogP contribution >= 0.6 is 0 Å². The molecule has 1 atom stereocenters. The number of hydrogen-bond acceptors (Lipinski definition) is 6. The first kappa shape index (κ1) is 19.6. The van der Waals surface area contributed by atoms with E-state index in [0.717, 1.165) is 5.56 Å². The fourth-order valence-corrected chi connectivity index (χ4v) is 3.24. The van der Waals surface area contributed by atoms with E-state index in [0.29, 0.717) is 11.3 Å². The van der Waals surface area contributed by atoms with Gasteiger partial charge >= 0.3 is 11.9 Å². The van der Waals surface area contributed by atoms with Crippen LogP contribution in [0, 0.1) is 0 Å². The highest BCUT2D eigenvalue weighted by Gasteiger charge is 2.51. The number of para-hydroxylation sites is 1. The Morgan fingerprint density at radius 3 is 2.29 bits per heavy atom. The maximum Gasteiger partial charge on any atom is 0.371 e. The molecular weight excluding hydrogens is 358 g/mol. The Bertz CT molecular complexity index is 906. The fourth-order valence-electron chi connectivity index (χ4n) is 3.24. The van der Waals surface area contributed by atoms with Gasteiger partial charge in [0, 0.05) is 17.6 Å². The van der Waals surface area contributed by atoms with E-state index in [2.05, 4.69) is 0 Å². The fraction of sp³-hybridized carbons (Fsp3) is 0.273. The summed E-state index contributed by atoms with van der Waals surface area (Å²) in [6.45, 7) is 3.74. The number of nitrogens with two attached hydrogens (primary N) is 1. The van der Waals surface area contributed by atoms with E-state index in [1.54, 1.807) is 38.1 Å². The Morgan fingerprint density at radius 1 is 0.964 bits per heavy atom. The van der Waals surface area contributed by atoms with E-state index >= 15 is 0 Å². The van der Waals surface area contributed by atoms with Gasteiger partial charge in [0.2, 0.25) is 0 Å². The average Bonchev–Trinajstić information content (AvgIpc) is 3.00. The van der Waals surface area contributed by atoms with Crippen molar-refractivity contribution in [2.45, 2.75) is 26.0 Å². The van der Waals surface area contributed by atoms with E-state index in [1.807, 2.05) is 30.3 Å². The Kier molecular flexibility index (Phi) is 5.80. The van der Waals surface area contributed by atoms with Gasteiger partial charge in [0.1, 0.15) is 5.75 Å². The van der Waals surface area contributed by atoms with Gasteiger partial charge in [0.05, 0.1) is 18.8 Å². The van der Waals surface area contributed by atoms with Crippen LogP contribution in [-0.2, 0) is 25.5 Å². The molecule has 0 radical (unpaired) electrons. The molecule has 1 heterocycles. The first-order valence-corrected chi connectivity index (χ1v) is 9.20. The van der Waals surface area contributed by atoms with Crippen molar-refractivity contribution in [1.82, 2.24) is 0 Å². The summed E-state index contributed by atoms with van der Waals surface area (Å²) in [4.78, 5) is 25.6. The molecule has 0 aromatic heterocycles. The minimum atomic E-state index is -1.92. The summed E-state index contributed by atoms with van der Waals surface area (Å²) in [6, 6.07) is 16.5. The molecule has 6 nitrogen and oxygen atoms in total. The highest BCUT2D eigenvalue weighted by molar-refractivity contribution is 6.08. The van der Waals surface area contributed by atoms with Crippen molar-refractivity contribution >= 4 is 17.5 Å². The molecule has 2 aromatic carbocycles. The van der Waals surface area contributed by atoms with Crippen molar-refractivity contribution in [1.29, 1.82) is 0 Å². The van der Waals surface area contributed by atoms with Crippen LogP contribution in [0.15, 0.2) is 60.2 Å². The molecule has 0 fully saturated rings. The molecule has 1 unspecified atom stereocenters. The van der Waals surface area contributed by atoms with E-state index in [9.17, 15) is 9.59 Å². The number of carbonyl (C=O) groups is 2. The molecule has 0 aliphatic carbocycles. The van der Waals surface area contributed by atoms with Gasteiger partial charge in [0.15, 0.2) is 0 Å². The summed E-state index contributed by atoms with van der Waals surface area (Å²) >= 11 is 0. The molecule has 1 aliphatic rings. The van der Waals surface area contributed by atoms with E-state index in [-0.39, 0.29) is 30.8 Å². The second kappa shape index (κ2) is 8.27. The van der Waals surface area contributed by atoms with Crippen LogP contribution in [0.1, 0.15) is 25.0 Å². The summed E-state index contributed by atoms with van der Waals surface area (Å²) in [6.07, 6.45) is 0.241. The maximum absolute atomic E-state index is 12.9. The first-order valence-electron chi connectivity index (χ1n) is 9.20. The monoisotopic (exact) mass is 381 g/mol. The van der Waals surface area contributed by atoms with E-state index < -0.39 is 17.7 Å². The standard InChI is InChI=1S/C22H23NO5/c1-3-26-20(24)17(14-15-10-6-5-7-11-15)19-16-12-8-9-13-18(16)28-22(19,23)21(25)27-4-2/h5-13H,3-4,14,23H2,1-2H3/b19-17-. The van der Waals surface area contributed by atoms with Crippen LogP contribution in [0.2, 0.25) is 0 Å². The van der Waals surface area contributed by atoms with Crippen molar-refractivity contribution in [2.24, 2.45) is 5.73 Å². The molecule has 3 rings (SSSR count). The zero-order valence-electron chi connectivity index (χ0n) is 15.9. The lowest BCUT2D eigenvalue weighted by molar-refractivity contribution is -0.155. The SMILES string of the molecule is CCOC(=O)/C(Cc1ccccc1)=C1/c2ccccc2OC1(N)C(=O)OCC. The van der Waals surface area contributed by atoms with Crippen LogP contribution in [0.25, 0.3) is 5.57 Å². The lowest BCUT2D eigenvalue weighted by atomic mass is 9.89. The number of benzene rings is 2. The Hall–Kier alpha value is -3.12. The first-order chi connectivity index (χ1) is 13.5. The summed E-state index contributed by atoms with van der Waals surface area (Å²) in [7, 11) is 0. The van der Waals surface area contributed by atoms with Gasteiger partial charge in [-0.2, -0.15) is 0 Å². The normalized spacial score (nSPS) is 19.4. The number of hydrogen-bond donors (Lipinski definition) is 1. The van der Waals surface area contributed by atoms with Crippen molar-refractivity contribution in [3.05, 3.63) is 71.3 Å². The maximum atomic E-state index is 12.9. The second-order valence-corrected chi connectivity index (χ2v) is 6.29. The highest BCUT2D eigenvalue weighted by Crippen LogP contribution is 2.44. The number of rotatable bonds is 6. The number of carbonyl (C=O) groups excluding carboxylic acids is 2. The van der Waals surface area contributed by atoms with Gasteiger partial charge in [-0.15, -0.1) is 0 Å². The van der Waals surface area contributed by atoms with E-state index in [4.69, 9.17) is 19.9 Å². The van der Waals surface area contributed by atoms with Crippen molar-refractivity contribution in [3.8, 4) is 5.75 Å². The predicted molar refractivity (Wildman–Crippen MR) is 104 cm³/mol. The summed E-state index contributed by atoms with van der Waals surface area (Å²) < 4.78 is 16.2. The predicted octanol–water partition coefficient (Wildman–Crippen LogP) is 2.86. The number of esters is 2. The average molecular weight is 381 g/mol. The van der Waals surface area contributed by atoms with Gasteiger partial charge in [-0.1, -0.05) is 48.5 Å². The van der Waals surface area contributed by atoms with Crippen LogP contribution < -0.4 is 10.5 Å². The quantitative estimate of drug-likeness (QED) is 0.611. The third-order valence-corrected chi connectivity index (χ3v) is 4.42. The molecule has 0 saturated heterocycles. The van der Waals surface area contributed by atoms with Crippen LogP contribution in [0.3, 0.4) is 0 Å². The zero-order valence-corrected chi connectivity index (χ0v) is 15.9. The zero-order chi connectivity index (χ0) is 20.1. The van der Waals surface area contributed by atoms with E-state index in [1.165, 1.54) is 0 Å². The molecule has 0 bridgehead atoms.